The third kappa shape index (κ3) is 1.29. The highest BCUT2D eigenvalue weighted by molar-refractivity contribution is 8.01. The number of nitrogens with zero attached hydrogens (tertiary/aromatic N) is 1. The van der Waals surface area contributed by atoms with Crippen LogP contribution in [-0.4, -0.2) is 38.0 Å². The Morgan fingerprint density at radius 2 is 2.20 bits per heavy atom. The van der Waals surface area contributed by atoms with E-state index in [9.17, 15) is 9.59 Å². The molecule has 0 unspecified atom stereocenters. The van der Waals surface area contributed by atoms with Crippen LogP contribution in [0, 0.1) is 5.92 Å². The lowest BCUT2D eigenvalue weighted by Gasteiger charge is -2.43. The third-order valence-corrected chi connectivity index (χ3v) is 4.85. The molecule has 0 aromatic carbocycles. The Balaban J connectivity index is 2.28. The van der Waals surface area contributed by atoms with Crippen LogP contribution in [0.2, 0.25) is 0 Å². The molecule has 2 aliphatic rings. The Hall–Kier alpha value is -0.710. The summed E-state index contributed by atoms with van der Waals surface area (Å²) in [5.41, 5.74) is 0. The summed E-state index contributed by atoms with van der Waals surface area (Å²) in [6.07, 6.45) is 0.801. The van der Waals surface area contributed by atoms with Crippen molar-refractivity contribution in [3.8, 4) is 0 Å². The maximum atomic E-state index is 11.7. The number of amides is 1. The number of carbonyl (C=O) groups excluding carboxylic acids is 1. The van der Waals surface area contributed by atoms with Gasteiger partial charge in [-0.05, 0) is 20.3 Å². The molecule has 4 nitrogen and oxygen atoms in total. The minimum atomic E-state index is -0.891. The monoisotopic (exact) mass is 229 g/mol. The second-order valence-corrected chi connectivity index (χ2v) is 6.38. The van der Waals surface area contributed by atoms with E-state index in [1.807, 2.05) is 20.8 Å². The van der Waals surface area contributed by atoms with Gasteiger partial charge in [0.2, 0.25) is 5.91 Å². The zero-order valence-corrected chi connectivity index (χ0v) is 9.87. The number of hydrogen-bond acceptors (Lipinski definition) is 3. The van der Waals surface area contributed by atoms with Gasteiger partial charge in [0.1, 0.15) is 6.04 Å². The fourth-order valence-corrected chi connectivity index (χ4v) is 4.24. The highest BCUT2D eigenvalue weighted by Crippen LogP contribution is 2.53. The van der Waals surface area contributed by atoms with Crippen molar-refractivity contribution in [1.29, 1.82) is 0 Å². The van der Waals surface area contributed by atoms with Crippen molar-refractivity contribution in [2.45, 2.75) is 43.4 Å². The Kier molecular flexibility index (Phi) is 2.26. The number of β-lactam (4-membered cyclic amide) rings is 1. The van der Waals surface area contributed by atoms with Crippen molar-refractivity contribution >= 4 is 23.6 Å². The normalized spacial score (nSPS) is 37.4. The predicted octanol–water partition coefficient (Wildman–Crippen LogP) is 1.16. The van der Waals surface area contributed by atoms with Crippen molar-refractivity contribution in [2.24, 2.45) is 5.92 Å². The lowest BCUT2D eigenvalue weighted by Crippen LogP contribution is -2.62. The third-order valence-electron chi connectivity index (χ3n) is 3.22. The van der Waals surface area contributed by atoms with E-state index in [2.05, 4.69) is 0 Å². The highest BCUT2D eigenvalue weighted by Gasteiger charge is 2.62. The van der Waals surface area contributed by atoms with Gasteiger partial charge in [0.15, 0.2) is 0 Å². The van der Waals surface area contributed by atoms with Crippen LogP contribution in [0.15, 0.2) is 0 Å². The summed E-state index contributed by atoms with van der Waals surface area (Å²) in [6, 6.07) is -0.664. The average Bonchev–Trinajstić information content (AvgIpc) is 2.35. The summed E-state index contributed by atoms with van der Waals surface area (Å²) in [5.74, 6) is -0.857. The summed E-state index contributed by atoms with van der Waals surface area (Å²) in [5, 5.41) is 9.22. The Morgan fingerprint density at radius 3 is 2.67 bits per heavy atom. The van der Waals surface area contributed by atoms with Gasteiger partial charge in [0.05, 0.1) is 11.3 Å². The van der Waals surface area contributed by atoms with Gasteiger partial charge in [-0.3, -0.25) is 4.79 Å². The number of carbonyl (C=O) groups is 2. The largest absolute Gasteiger partial charge is 0.480 e. The maximum Gasteiger partial charge on any atom is 0.327 e. The summed E-state index contributed by atoms with van der Waals surface area (Å²) >= 11 is 1.61. The number of thioether (sulfide) groups is 1. The first-order chi connectivity index (χ1) is 6.90. The van der Waals surface area contributed by atoms with E-state index in [1.54, 1.807) is 16.7 Å². The van der Waals surface area contributed by atoms with Crippen molar-refractivity contribution in [2.75, 3.05) is 0 Å². The predicted molar refractivity (Wildman–Crippen MR) is 57.5 cm³/mol. The van der Waals surface area contributed by atoms with Crippen LogP contribution < -0.4 is 0 Å². The molecule has 0 aliphatic carbocycles. The van der Waals surface area contributed by atoms with Crippen LogP contribution in [0.3, 0.4) is 0 Å². The van der Waals surface area contributed by atoms with Gasteiger partial charge in [-0.15, -0.1) is 11.8 Å². The van der Waals surface area contributed by atoms with E-state index in [1.165, 1.54) is 0 Å². The van der Waals surface area contributed by atoms with Crippen LogP contribution in [-0.2, 0) is 9.59 Å². The van der Waals surface area contributed by atoms with E-state index in [-0.39, 0.29) is 21.9 Å². The van der Waals surface area contributed by atoms with Crippen LogP contribution in [0.4, 0.5) is 0 Å². The second kappa shape index (κ2) is 3.14. The van der Waals surface area contributed by atoms with Gasteiger partial charge in [-0.25, -0.2) is 4.79 Å². The first-order valence-electron chi connectivity index (χ1n) is 5.13. The molecular formula is C10H15NO3S. The van der Waals surface area contributed by atoms with Crippen molar-refractivity contribution in [3.05, 3.63) is 0 Å². The molecule has 0 saturated carbocycles. The molecule has 2 fully saturated rings. The van der Waals surface area contributed by atoms with E-state index in [4.69, 9.17) is 5.11 Å². The van der Waals surface area contributed by atoms with E-state index < -0.39 is 12.0 Å². The lowest BCUT2D eigenvalue weighted by molar-refractivity contribution is -0.163. The number of carboxylic acids is 1. The molecule has 0 radical (unpaired) electrons. The minimum Gasteiger partial charge on any atom is -0.480 e. The number of aliphatic carboxylic acids is 1. The Morgan fingerprint density at radius 1 is 1.60 bits per heavy atom. The number of hydrogen-bond donors (Lipinski definition) is 1. The minimum absolute atomic E-state index is 0.00738. The topological polar surface area (TPSA) is 57.6 Å². The highest BCUT2D eigenvalue weighted by atomic mass is 32.2. The summed E-state index contributed by atoms with van der Waals surface area (Å²) in [4.78, 5) is 24.4. The van der Waals surface area contributed by atoms with E-state index in [0.29, 0.717) is 0 Å². The Labute approximate surface area is 93.0 Å². The lowest BCUT2D eigenvalue weighted by atomic mass is 9.90. The molecule has 15 heavy (non-hydrogen) atoms. The molecule has 3 atom stereocenters. The first-order valence-corrected chi connectivity index (χ1v) is 6.01. The zero-order chi connectivity index (χ0) is 11.4. The van der Waals surface area contributed by atoms with Gasteiger partial charge in [0.25, 0.3) is 0 Å². The van der Waals surface area contributed by atoms with Gasteiger partial charge >= 0.3 is 5.97 Å². The van der Waals surface area contributed by atoms with Gasteiger partial charge in [-0.1, -0.05) is 6.92 Å². The molecule has 2 rings (SSSR count). The number of fused-ring (bicyclic) bond motifs is 1. The van der Waals surface area contributed by atoms with E-state index in [0.717, 1.165) is 6.42 Å². The first kappa shape index (κ1) is 10.8. The zero-order valence-electron chi connectivity index (χ0n) is 9.06. The van der Waals surface area contributed by atoms with Crippen molar-refractivity contribution in [1.82, 2.24) is 4.90 Å². The molecule has 0 aromatic heterocycles. The quantitative estimate of drug-likeness (QED) is 0.722. The van der Waals surface area contributed by atoms with Crippen LogP contribution in [0.25, 0.3) is 0 Å². The average molecular weight is 229 g/mol. The van der Waals surface area contributed by atoms with Crippen LogP contribution in [0.1, 0.15) is 27.2 Å². The molecule has 1 N–H and O–H groups in total. The number of carboxylic acid groups (broad SMARTS) is 1. The fourth-order valence-electron chi connectivity index (χ4n) is 2.47. The van der Waals surface area contributed by atoms with Crippen LogP contribution >= 0.6 is 11.8 Å². The molecule has 84 valence electrons. The maximum absolute atomic E-state index is 11.7. The Bertz CT molecular complexity index is 329. The smallest absolute Gasteiger partial charge is 0.327 e. The fraction of sp³-hybridized carbons (Fsp3) is 0.800. The molecular weight excluding hydrogens is 214 g/mol. The summed E-state index contributed by atoms with van der Waals surface area (Å²) < 4.78 is -0.379. The molecule has 2 heterocycles. The molecule has 5 heteroatoms. The van der Waals surface area contributed by atoms with Crippen LogP contribution in [0.5, 0.6) is 0 Å². The molecule has 2 aliphatic heterocycles. The molecule has 2 saturated heterocycles. The molecule has 0 bridgehead atoms. The summed E-state index contributed by atoms with van der Waals surface area (Å²) in [7, 11) is 0. The standard InChI is InChI=1S/C10H15NO3S/c1-4-5-7(12)11-6(9(13)14)10(2,3)15-8(5)11/h5-6,8H,4H2,1-3H3,(H,13,14)/t5-,6+,8-/m1/s1. The number of rotatable bonds is 2. The SMILES string of the molecule is CC[C@@H]1C(=O)N2[C@@H]1SC(C)(C)[C@@H]2C(=O)O. The van der Waals surface area contributed by atoms with Gasteiger partial charge in [0, 0.05) is 4.75 Å². The molecule has 0 spiro atoms. The van der Waals surface area contributed by atoms with E-state index >= 15 is 0 Å². The second-order valence-electron chi connectivity index (χ2n) is 4.61. The molecule has 1 amide bonds. The van der Waals surface area contributed by atoms with Gasteiger partial charge in [-0.2, -0.15) is 0 Å². The molecule has 0 aromatic rings. The summed E-state index contributed by atoms with van der Waals surface area (Å²) in [6.45, 7) is 5.77. The van der Waals surface area contributed by atoms with Gasteiger partial charge < -0.3 is 10.0 Å². The van der Waals surface area contributed by atoms with Crippen molar-refractivity contribution in [3.63, 3.8) is 0 Å². The van der Waals surface area contributed by atoms with Crippen molar-refractivity contribution < 1.29 is 14.7 Å².